The van der Waals surface area contributed by atoms with Gasteiger partial charge < -0.3 is 9.84 Å². The third-order valence-electron chi connectivity index (χ3n) is 5.94. The Morgan fingerprint density at radius 2 is 2.00 bits per heavy atom. The van der Waals surface area contributed by atoms with Crippen molar-refractivity contribution in [2.24, 2.45) is 0 Å². The molecule has 3 aromatic rings. The lowest BCUT2D eigenvalue weighted by Crippen LogP contribution is -2.38. The Hall–Kier alpha value is -4.37. The molecule has 1 aromatic heterocycles. The van der Waals surface area contributed by atoms with Crippen LogP contribution in [0.1, 0.15) is 48.2 Å². The SMILES string of the molecule is COC(=O)C1=C(C)N(c2cccc(C(F)(F)F)c2)c2n[nH]c(=O)n2C1c1ccc(C#N)cc1[C@@H](C)O. The number of nitrogens with one attached hydrogen (secondary N) is 1. The average molecular weight is 499 g/mol. The number of rotatable bonds is 4. The third-order valence-corrected chi connectivity index (χ3v) is 5.94. The molecular weight excluding hydrogens is 479 g/mol. The van der Waals surface area contributed by atoms with Gasteiger partial charge >= 0.3 is 17.8 Å². The highest BCUT2D eigenvalue weighted by atomic mass is 19.4. The number of anilines is 2. The molecule has 0 aliphatic carbocycles. The van der Waals surface area contributed by atoms with Crippen molar-refractivity contribution in [3.05, 3.63) is 86.5 Å². The minimum absolute atomic E-state index is 0.0120. The van der Waals surface area contributed by atoms with Crippen molar-refractivity contribution < 1.29 is 27.8 Å². The number of methoxy groups -OCH3 is 1. The van der Waals surface area contributed by atoms with Gasteiger partial charge in [0.05, 0.1) is 36.0 Å². The lowest BCUT2D eigenvalue weighted by molar-refractivity contribution is -0.138. The number of alkyl halides is 3. The molecule has 0 fully saturated rings. The molecule has 0 bridgehead atoms. The lowest BCUT2D eigenvalue weighted by Gasteiger charge is -2.36. The molecule has 4 rings (SSSR count). The largest absolute Gasteiger partial charge is 0.466 e. The van der Waals surface area contributed by atoms with E-state index in [4.69, 9.17) is 4.74 Å². The van der Waals surface area contributed by atoms with Crippen LogP contribution in [0, 0.1) is 11.3 Å². The molecule has 186 valence electrons. The summed E-state index contributed by atoms with van der Waals surface area (Å²) in [7, 11) is 1.14. The molecule has 2 heterocycles. The minimum Gasteiger partial charge on any atom is -0.466 e. The molecule has 1 unspecified atom stereocenters. The van der Waals surface area contributed by atoms with Gasteiger partial charge in [-0.15, -0.1) is 5.10 Å². The molecule has 2 atom stereocenters. The van der Waals surface area contributed by atoms with E-state index in [-0.39, 0.29) is 34.0 Å². The fourth-order valence-corrected chi connectivity index (χ4v) is 4.33. The summed E-state index contributed by atoms with van der Waals surface area (Å²) < 4.78 is 46.4. The van der Waals surface area contributed by atoms with Gasteiger partial charge in [0.15, 0.2) is 0 Å². The van der Waals surface area contributed by atoms with E-state index in [1.54, 1.807) is 0 Å². The number of hydrogen-bond donors (Lipinski definition) is 2. The first-order valence-electron chi connectivity index (χ1n) is 10.6. The van der Waals surface area contributed by atoms with Gasteiger partial charge in [0.1, 0.15) is 6.04 Å². The van der Waals surface area contributed by atoms with Crippen molar-refractivity contribution in [3.63, 3.8) is 0 Å². The zero-order valence-corrected chi connectivity index (χ0v) is 19.3. The zero-order chi connectivity index (χ0) is 26.4. The van der Waals surface area contributed by atoms with Crippen LogP contribution in [-0.2, 0) is 15.7 Å². The number of carbonyl (C=O) groups is 1. The molecule has 0 amide bonds. The number of benzene rings is 2. The average Bonchev–Trinajstić information content (AvgIpc) is 3.22. The van der Waals surface area contributed by atoms with E-state index in [0.29, 0.717) is 5.56 Å². The normalized spacial score (nSPS) is 16.4. The lowest BCUT2D eigenvalue weighted by atomic mass is 9.88. The summed E-state index contributed by atoms with van der Waals surface area (Å²) in [4.78, 5) is 27.3. The fraction of sp³-hybridized carbons (Fsp3) is 0.250. The molecule has 1 aliphatic rings. The van der Waals surface area contributed by atoms with Crippen molar-refractivity contribution >= 4 is 17.6 Å². The Bertz CT molecular complexity index is 1480. The van der Waals surface area contributed by atoms with Crippen LogP contribution in [0.25, 0.3) is 0 Å². The topological polar surface area (TPSA) is 124 Å². The van der Waals surface area contributed by atoms with Crippen LogP contribution in [0.2, 0.25) is 0 Å². The number of nitrogens with zero attached hydrogens (tertiary/aromatic N) is 4. The van der Waals surface area contributed by atoms with E-state index in [9.17, 15) is 33.1 Å². The Kier molecular flexibility index (Phi) is 6.19. The molecule has 36 heavy (non-hydrogen) atoms. The van der Waals surface area contributed by atoms with Gasteiger partial charge in [-0.2, -0.15) is 18.4 Å². The zero-order valence-electron chi connectivity index (χ0n) is 19.3. The van der Waals surface area contributed by atoms with E-state index in [1.165, 1.54) is 49.1 Å². The molecule has 0 radical (unpaired) electrons. The third kappa shape index (κ3) is 4.03. The maximum Gasteiger partial charge on any atom is 0.416 e. The highest BCUT2D eigenvalue weighted by Crippen LogP contribution is 2.44. The van der Waals surface area contributed by atoms with Crippen LogP contribution in [-0.4, -0.2) is 33.0 Å². The van der Waals surface area contributed by atoms with Crippen molar-refractivity contribution in [2.45, 2.75) is 32.2 Å². The second kappa shape index (κ2) is 9.01. The highest BCUT2D eigenvalue weighted by molar-refractivity contribution is 5.93. The second-order valence-electron chi connectivity index (χ2n) is 8.11. The Morgan fingerprint density at radius 1 is 1.28 bits per heavy atom. The monoisotopic (exact) mass is 499 g/mol. The molecule has 12 heteroatoms. The van der Waals surface area contributed by atoms with Gasteiger partial charge in [-0.25, -0.2) is 19.3 Å². The number of aromatic amines is 1. The van der Waals surface area contributed by atoms with Crippen LogP contribution in [0.4, 0.5) is 24.8 Å². The van der Waals surface area contributed by atoms with Gasteiger partial charge in [0.2, 0.25) is 5.95 Å². The number of aliphatic hydroxyl groups excluding tert-OH is 1. The summed E-state index contributed by atoms with van der Waals surface area (Å²) in [6.45, 7) is 2.96. The van der Waals surface area contributed by atoms with Gasteiger partial charge in [-0.3, -0.25) is 4.90 Å². The summed E-state index contributed by atoms with van der Waals surface area (Å²) in [5.41, 5.74) is -0.716. The van der Waals surface area contributed by atoms with Gasteiger partial charge in [0.25, 0.3) is 0 Å². The second-order valence-corrected chi connectivity index (χ2v) is 8.11. The molecule has 0 saturated carbocycles. The summed E-state index contributed by atoms with van der Waals surface area (Å²) in [5.74, 6) is -0.912. The summed E-state index contributed by atoms with van der Waals surface area (Å²) in [6.07, 6.45) is -5.71. The smallest absolute Gasteiger partial charge is 0.416 e. The molecule has 2 aromatic carbocycles. The van der Waals surface area contributed by atoms with Crippen LogP contribution >= 0.6 is 0 Å². The first-order valence-corrected chi connectivity index (χ1v) is 10.6. The van der Waals surface area contributed by atoms with Gasteiger partial charge in [-0.1, -0.05) is 12.1 Å². The number of aromatic nitrogens is 3. The number of halogens is 3. The molecule has 1 aliphatic heterocycles. The standard InChI is InChI=1S/C24H20F3N5O4/c1-12-19(21(34)36-3)20(17-8-7-14(11-28)9-18(17)13(2)33)32-22(29-30-23(32)35)31(12)16-6-4-5-15(10-16)24(25,26)27/h4-10,13,20,33H,1-3H3,(H,30,35)/t13-,20?/m1/s1. The van der Waals surface area contributed by atoms with E-state index >= 15 is 0 Å². The molecular formula is C24H20F3N5O4. The van der Waals surface area contributed by atoms with Crippen LogP contribution in [0.5, 0.6) is 0 Å². The number of ether oxygens (including phenoxy) is 1. The van der Waals surface area contributed by atoms with Crippen molar-refractivity contribution in [1.82, 2.24) is 14.8 Å². The quantitative estimate of drug-likeness (QED) is 0.525. The maximum absolute atomic E-state index is 13.4. The molecule has 2 N–H and O–H groups in total. The minimum atomic E-state index is -4.63. The van der Waals surface area contributed by atoms with E-state index in [0.717, 1.165) is 23.8 Å². The summed E-state index contributed by atoms with van der Waals surface area (Å²) >= 11 is 0. The number of hydrogen-bond acceptors (Lipinski definition) is 7. The number of nitriles is 1. The van der Waals surface area contributed by atoms with Gasteiger partial charge in [0, 0.05) is 11.4 Å². The van der Waals surface area contributed by atoms with Crippen LogP contribution < -0.4 is 10.6 Å². The molecule has 0 saturated heterocycles. The fourth-order valence-electron chi connectivity index (χ4n) is 4.33. The van der Waals surface area contributed by atoms with Crippen LogP contribution in [0.15, 0.2) is 58.5 Å². The summed E-state index contributed by atoms with van der Waals surface area (Å²) in [5, 5.41) is 26.1. The Morgan fingerprint density at radius 3 is 2.61 bits per heavy atom. The number of fused-ring (bicyclic) bond motifs is 1. The first kappa shape index (κ1) is 24.7. The number of esters is 1. The number of aliphatic hydroxyl groups is 1. The first-order chi connectivity index (χ1) is 17.0. The Labute approximate surface area is 202 Å². The van der Waals surface area contributed by atoms with Crippen molar-refractivity contribution in [2.75, 3.05) is 12.0 Å². The van der Waals surface area contributed by atoms with E-state index < -0.39 is 35.5 Å². The number of carbonyl (C=O) groups excluding carboxylic acids is 1. The summed E-state index contributed by atoms with van der Waals surface area (Å²) in [6, 6.07) is 9.61. The maximum atomic E-state index is 13.4. The Balaban J connectivity index is 2.05. The van der Waals surface area contributed by atoms with E-state index in [1.807, 2.05) is 6.07 Å². The predicted octanol–water partition coefficient (Wildman–Crippen LogP) is 3.70. The van der Waals surface area contributed by atoms with E-state index in [2.05, 4.69) is 10.2 Å². The van der Waals surface area contributed by atoms with Crippen molar-refractivity contribution in [3.8, 4) is 6.07 Å². The number of allylic oxidation sites excluding steroid dienone is 1. The van der Waals surface area contributed by atoms with Crippen molar-refractivity contribution in [1.29, 1.82) is 5.26 Å². The van der Waals surface area contributed by atoms with Crippen LogP contribution in [0.3, 0.4) is 0 Å². The highest BCUT2D eigenvalue weighted by Gasteiger charge is 2.41. The molecule has 0 spiro atoms. The number of H-pyrrole nitrogens is 1. The predicted molar refractivity (Wildman–Crippen MR) is 121 cm³/mol. The van der Waals surface area contributed by atoms with Gasteiger partial charge in [-0.05, 0) is 55.3 Å². The molecule has 9 nitrogen and oxygen atoms in total.